The number of likely N-dealkylation sites (tertiary alicyclic amines) is 1. The number of rotatable bonds is 4. The fourth-order valence-electron chi connectivity index (χ4n) is 4.30. The molecule has 1 amide bonds. The number of benzene rings is 1. The van der Waals surface area contributed by atoms with E-state index < -0.39 is 0 Å². The minimum atomic E-state index is -0.269. The van der Waals surface area contributed by atoms with Gasteiger partial charge in [-0.25, -0.2) is 9.18 Å². The highest BCUT2D eigenvalue weighted by Crippen LogP contribution is 2.39. The van der Waals surface area contributed by atoms with Crippen molar-refractivity contribution in [1.82, 2.24) is 9.88 Å². The number of nitrogens with zero attached hydrogens (tertiary/aromatic N) is 3. The second kappa shape index (κ2) is 8.17. The number of hydrogen-bond donors (Lipinski definition) is 0. The van der Waals surface area contributed by atoms with Gasteiger partial charge in [0.2, 0.25) is 0 Å². The van der Waals surface area contributed by atoms with Crippen molar-refractivity contribution in [3.63, 3.8) is 0 Å². The fourth-order valence-corrected chi connectivity index (χ4v) is 4.30. The Kier molecular flexibility index (Phi) is 5.46. The van der Waals surface area contributed by atoms with E-state index in [1.54, 1.807) is 17.2 Å². The van der Waals surface area contributed by atoms with Gasteiger partial charge in [0.1, 0.15) is 11.6 Å². The molecule has 1 unspecified atom stereocenters. The van der Waals surface area contributed by atoms with Gasteiger partial charge < -0.3 is 14.5 Å². The smallest absolute Gasteiger partial charge is 0.410 e. The lowest BCUT2D eigenvalue weighted by Gasteiger charge is -2.30. The maximum Gasteiger partial charge on any atom is 0.415 e. The highest BCUT2D eigenvalue weighted by molar-refractivity contribution is 5.72. The lowest BCUT2D eigenvalue weighted by molar-refractivity contribution is 0.142. The minimum Gasteiger partial charge on any atom is -0.410 e. The van der Waals surface area contributed by atoms with E-state index in [1.165, 1.54) is 12.6 Å². The SMILES string of the molecule is CCC(c1ccncc1F)N1CCc2cc(OC(=O)N3CCCCC3)ccc21. The molecular weight excluding hydrogens is 357 g/mol. The molecule has 1 atom stereocenters. The summed E-state index contributed by atoms with van der Waals surface area (Å²) >= 11 is 0. The van der Waals surface area contributed by atoms with Gasteiger partial charge in [-0.05, 0) is 61.9 Å². The van der Waals surface area contributed by atoms with Crippen LogP contribution < -0.4 is 9.64 Å². The molecule has 0 bridgehead atoms. The van der Waals surface area contributed by atoms with Crippen molar-refractivity contribution >= 4 is 11.8 Å². The number of anilines is 1. The van der Waals surface area contributed by atoms with Crippen LogP contribution >= 0.6 is 0 Å². The molecule has 2 aliphatic rings. The molecule has 4 rings (SSSR count). The van der Waals surface area contributed by atoms with Gasteiger partial charge in [-0.15, -0.1) is 0 Å². The topological polar surface area (TPSA) is 45.7 Å². The zero-order valence-electron chi connectivity index (χ0n) is 16.2. The number of halogens is 1. The molecule has 1 fully saturated rings. The zero-order valence-corrected chi connectivity index (χ0v) is 16.2. The van der Waals surface area contributed by atoms with Crippen LogP contribution in [0, 0.1) is 5.82 Å². The van der Waals surface area contributed by atoms with Crippen molar-refractivity contribution in [2.75, 3.05) is 24.5 Å². The Morgan fingerprint density at radius 1 is 1.21 bits per heavy atom. The Hall–Kier alpha value is -2.63. The average Bonchev–Trinajstić information content (AvgIpc) is 3.14. The standard InChI is InChI=1S/C22H26FN3O2/c1-2-20(18-8-10-24-15-19(18)23)26-13-9-16-14-17(6-7-21(16)26)28-22(27)25-11-4-3-5-12-25/h6-8,10,14-15,20H,2-5,9,11-13H2,1H3. The Labute approximate surface area is 165 Å². The van der Waals surface area contributed by atoms with Crippen LogP contribution in [0.15, 0.2) is 36.7 Å². The van der Waals surface area contributed by atoms with Crippen LogP contribution in [0.1, 0.15) is 49.8 Å². The number of hydrogen-bond acceptors (Lipinski definition) is 4. The molecule has 0 saturated carbocycles. The lowest BCUT2D eigenvalue weighted by atomic mass is 10.0. The van der Waals surface area contributed by atoms with Crippen LogP contribution in [-0.4, -0.2) is 35.6 Å². The van der Waals surface area contributed by atoms with Gasteiger partial charge in [0.25, 0.3) is 0 Å². The Bertz CT molecular complexity index is 851. The molecule has 1 saturated heterocycles. The van der Waals surface area contributed by atoms with Crippen molar-refractivity contribution in [1.29, 1.82) is 0 Å². The number of piperidine rings is 1. The minimum absolute atomic E-state index is 0.0361. The molecule has 0 radical (unpaired) electrons. The van der Waals surface area contributed by atoms with Gasteiger partial charge >= 0.3 is 6.09 Å². The van der Waals surface area contributed by atoms with Crippen molar-refractivity contribution in [3.05, 3.63) is 53.6 Å². The first-order valence-corrected chi connectivity index (χ1v) is 10.1. The van der Waals surface area contributed by atoms with Crippen molar-refractivity contribution < 1.29 is 13.9 Å². The van der Waals surface area contributed by atoms with E-state index in [4.69, 9.17) is 4.74 Å². The molecule has 6 heteroatoms. The molecule has 2 aliphatic heterocycles. The second-order valence-electron chi connectivity index (χ2n) is 7.47. The number of ether oxygens (including phenoxy) is 1. The Balaban J connectivity index is 1.51. The third-order valence-electron chi connectivity index (χ3n) is 5.73. The molecule has 28 heavy (non-hydrogen) atoms. The van der Waals surface area contributed by atoms with Gasteiger partial charge in [0.05, 0.1) is 12.2 Å². The average molecular weight is 383 g/mol. The van der Waals surface area contributed by atoms with Crippen molar-refractivity contribution in [2.45, 2.75) is 45.1 Å². The molecular formula is C22H26FN3O2. The van der Waals surface area contributed by atoms with Crippen molar-refractivity contribution in [3.8, 4) is 5.75 Å². The molecule has 1 aromatic carbocycles. The molecule has 0 aliphatic carbocycles. The first kappa shape index (κ1) is 18.7. The third-order valence-corrected chi connectivity index (χ3v) is 5.73. The van der Waals surface area contributed by atoms with Gasteiger partial charge in [-0.1, -0.05) is 6.92 Å². The fraction of sp³-hybridized carbons (Fsp3) is 0.455. The van der Waals surface area contributed by atoms with E-state index in [2.05, 4.69) is 16.8 Å². The van der Waals surface area contributed by atoms with Gasteiger partial charge in [-0.2, -0.15) is 0 Å². The summed E-state index contributed by atoms with van der Waals surface area (Å²) in [7, 11) is 0. The summed E-state index contributed by atoms with van der Waals surface area (Å²) in [5, 5.41) is 0. The summed E-state index contributed by atoms with van der Waals surface area (Å²) in [4.78, 5) is 20.2. The first-order valence-electron chi connectivity index (χ1n) is 10.1. The van der Waals surface area contributed by atoms with Crippen LogP contribution in [0.2, 0.25) is 0 Å². The quantitative estimate of drug-likeness (QED) is 0.766. The maximum atomic E-state index is 14.3. The van der Waals surface area contributed by atoms with E-state index in [0.29, 0.717) is 11.3 Å². The van der Waals surface area contributed by atoms with E-state index >= 15 is 0 Å². The normalized spacial score (nSPS) is 17.4. The highest BCUT2D eigenvalue weighted by atomic mass is 19.1. The van der Waals surface area contributed by atoms with E-state index in [-0.39, 0.29) is 18.0 Å². The van der Waals surface area contributed by atoms with E-state index in [0.717, 1.165) is 56.6 Å². The molecule has 0 spiro atoms. The van der Waals surface area contributed by atoms with Crippen LogP contribution in [-0.2, 0) is 6.42 Å². The predicted octanol–water partition coefficient (Wildman–Crippen LogP) is 4.72. The van der Waals surface area contributed by atoms with Crippen LogP contribution in [0.3, 0.4) is 0 Å². The summed E-state index contributed by atoms with van der Waals surface area (Å²) in [5.41, 5.74) is 2.89. The molecule has 1 aromatic heterocycles. The van der Waals surface area contributed by atoms with Gasteiger partial charge in [0.15, 0.2) is 0 Å². The number of aromatic nitrogens is 1. The highest BCUT2D eigenvalue weighted by Gasteiger charge is 2.28. The van der Waals surface area contributed by atoms with Crippen LogP contribution in [0.25, 0.3) is 0 Å². The third kappa shape index (κ3) is 3.68. The number of pyridine rings is 1. The monoisotopic (exact) mass is 383 g/mol. The Morgan fingerprint density at radius 3 is 2.79 bits per heavy atom. The summed E-state index contributed by atoms with van der Waals surface area (Å²) in [6, 6.07) is 7.51. The Morgan fingerprint density at radius 2 is 2.04 bits per heavy atom. The van der Waals surface area contributed by atoms with Gasteiger partial charge in [0, 0.05) is 37.1 Å². The number of carbonyl (C=O) groups excluding carboxylic acids is 1. The van der Waals surface area contributed by atoms with Gasteiger partial charge in [-0.3, -0.25) is 4.98 Å². The lowest BCUT2D eigenvalue weighted by Crippen LogP contribution is -2.37. The van der Waals surface area contributed by atoms with E-state index in [9.17, 15) is 9.18 Å². The zero-order chi connectivity index (χ0) is 19.5. The summed E-state index contributed by atoms with van der Waals surface area (Å²) in [5.74, 6) is 0.314. The van der Waals surface area contributed by atoms with Crippen LogP contribution in [0.4, 0.5) is 14.9 Å². The molecule has 2 aromatic rings. The van der Waals surface area contributed by atoms with Crippen LogP contribution in [0.5, 0.6) is 5.75 Å². The summed E-state index contributed by atoms with van der Waals surface area (Å²) < 4.78 is 19.9. The number of carbonyl (C=O) groups is 1. The number of amides is 1. The largest absolute Gasteiger partial charge is 0.415 e. The van der Waals surface area contributed by atoms with Crippen molar-refractivity contribution in [2.24, 2.45) is 0 Å². The molecule has 3 heterocycles. The molecule has 148 valence electrons. The number of fused-ring (bicyclic) bond motifs is 1. The van der Waals surface area contributed by atoms with E-state index in [1.807, 2.05) is 18.2 Å². The summed E-state index contributed by atoms with van der Waals surface area (Å²) in [6.07, 6.45) is 7.56. The maximum absolute atomic E-state index is 14.3. The predicted molar refractivity (Wildman–Crippen MR) is 106 cm³/mol. The first-order chi connectivity index (χ1) is 13.7. The second-order valence-corrected chi connectivity index (χ2v) is 7.47. The molecule has 5 nitrogen and oxygen atoms in total. The molecule has 0 N–H and O–H groups in total. The summed E-state index contributed by atoms with van der Waals surface area (Å²) in [6.45, 7) is 4.43.